The SMILES string of the molecule is CCCCCCCCCCCCCCCCCCC(C)CCCCCCC(C)CCCCCCCCCCCC. The molecule has 0 spiro atoms. The van der Waals surface area contributed by atoms with Gasteiger partial charge < -0.3 is 0 Å². The standard InChI is InChI=1S/C40H82/c1-5-7-9-11-13-15-17-18-19-20-21-22-24-26-28-32-36-40(4)38-34-30-29-33-37-39(3)35-31-27-25-23-16-14-12-10-8-6-2/h39-40H,5-38H2,1-4H3. The molecule has 2 unspecified atom stereocenters. The Morgan fingerprint density at radius 3 is 0.550 bits per heavy atom. The number of rotatable bonds is 35. The molecule has 0 aromatic heterocycles. The van der Waals surface area contributed by atoms with Crippen molar-refractivity contribution in [2.24, 2.45) is 11.8 Å². The van der Waals surface area contributed by atoms with Gasteiger partial charge in [-0.2, -0.15) is 0 Å². The van der Waals surface area contributed by atoms with Gasteiger partial charge in [0.1, 0.15) is 0 Å². The first-order valence-electron chi connectivity index (χ1n) is 19.7. The molecule has 0 heteroatoms. The van der Waals surface area contributed by atoms with Gasteiger partial charge in [0.25, 0.3) is 0 Å². The topological polar surface area (TPSA) is 0 Å². The van der Waals surface area contributed by atoms with Crippen molar-refractivity contribution in [2.45, 2.75) is 246 Å². The molecule has 0 amide bonds. The van der Waals surface area contributed by atoms with Gasteiger partial charge in [-0.25, -0.2) is 0 Å². The van der Waals surface area contributed by atoms with Gasteiger partial charge in [0.05, 0.1) is 0 Å². The second-order valence-corrected chi connectivity index (χ2v) is 14.3. The molecule has 40 heavy (non-hydrogen) atoms. The third kappa shape index (κ3) is 34.2. The van der Waals surface area contributed by atoms with Gasteiger partial charge in [0.2, 0.25) is 0 Å². The van der Waals surface area contributed by atoms with Crippen LogP contribution in [0.25, 0.3) is 0 Å². The minimum absolute atomic E-state index is 0.960. The zero-order valence-electron chi connectivity index (χ0n) is 29.2. The average Bonchev–Trinajstić information content (AvgIpc) is 2.95. The first-order valence-corrected chi connectivity index (χ1v) is 19.7. The van der Waals surface area contributed by atoms with Gasteiger partial charge in [-0.3, -0.25) is 0 Å². The molecule has 0 fully saturated rings. The van der Waals surface area contributed by atoms with Crippen LogP contribution in [0.5, 0.6) is 0 Å². The zero-order chi connectivity index (χ0) is 29.2. The van der Waals surface area contributed by atoms with E-state index < -0.39 is 0 Å². The van der Waals surface area contributed by atoms with Gasteiger partial charge in [0.15, 0.2) is 0 Å². The molecule has 0 nitrogen and oxygen atoms in total. The van der Waals surface area contributed by atoms with E-state index in [-0.39, 0.29) is 0 Å². The Hall–Kier alpha value is 0. The second kappa shape index (κ2) is 35.2. The highest BCUT2D eigenvalue weighted by Crippen LogP contribution is 2.21. The summed E-state index contributed by atoms with van der Waals surface area (Å²) in [5.41, 5.74) is 0. The van der Waals surface area contributed by atoms with Crippen molar-refractivity contribution < 1.29 is 0 Å². The summed E-state index contributed by atoms with van der Waals surface area (Å²) in [4.78, 5) is 0. The van der Waals surface area contributed by atoms with E-state index in [2.05, 4.69) is 27.7 Å². The number of hydrogen-bond donors (Lipinski definition) is 0. The maximum absolute atomic E-state index is 2.51. The summed E-state index contributed by atoms with van der Waals surface area (Å²) in [6.07, 6.45) is 50.1. The lowest BCUT2D eigenvalue weighted by Gasteiger charge is -2.12. The van der Waals surface area contributed by atoms with Gasteiger partial charge in [-0.05, 0) is 11.8 Å². The summed E-state index contributed by atoms with van der Waals surface area (Å²) in [5, 5.41) is 0. The van der Waals surface area contributed by atoms with E-state index >= 15 is 0 Å². The van der Waals surface area contributed by atoms with E-state index in [0.29, 0.717) is 0 Å². The quantitative estimate of drug-likeness (QED) is 0.0674. The molecule has 0 bridgehead atoms. The molecule has 0 saturated carbocycles. The van der Waals surface area contributed by atoms with E-state index in [9.17, 15) is 0 Å². The molecule has 0 N–H and O–H groups in total. The molecule has 242 valence electrons. The maximum atomic E-state index is 2.51. The van der Waals surface area contributed by atoms with Gasteiger partial charge >= 0.3 is 0 Å². The molecule has 0 aromatic rings. The van der Waals surface area contributed by atoms with E-state index in [1.54, 1.807) is 0 Å². The molecule has 0 rings (SSSR count). The van der Waals surface area contributed by atoms with E-state index in [0.717, 1.165) is 11.8 Å². The van der Waals surface area contributed by atoms with Crippen molar-refractivity contribution in [3.05, 3.63) is 0 Å². The fourth-order valence-electron chi connectivity index (χ4n) is 6.65. The number of hydrogen-bond acceptors (Lipinski definition) is 0. The highest BCUT2D eigenvalue weighted by atomic mass is 14.1. The molecule has 0 aliphatic carbocycles. The monoisotopic (exact) mass is 563 g/mol. The molecule has 0 radical (unpaired) electrons. The summed E-state index contributed by atoms with van der Waals surface area (Å²) < 4.78 is 0. The fourth-order valence-corrected chi connectivity index (χ4v) is 6.65. The lowest BCUT2D eigenvalue weighted by Crippen LogP contribution is -1.97. The first kappa shape index (κ1) is 40.0. The van der Waals surface area contributed by atoms with Crippen LogP contribution in [0.3, 0.4) is 0 Å². The van der Waals surface area contributed by atoms with Crippen LogP contribution >= 0.6 is 0 Å². The molecular weight excluding hydrogens is 480 g/mol. The Labute approximate surface area is 257 Å². The van der Waals surface area contributed by atoms with Crippen LogP contribution in [0.4, 0.5) is 0 Å². The van der Waals surface area contributed by atoms with E-state index in [4.69, 9.17) is 0 Å². The van der Waals surface area contributed by atoms with Crippen molar-refractivity contribution >= 4 is 0 Å². The van der Waals surface area contributed by atoms with E-state index in [1.807, 2.05) is 0 Å². The minimum Gasteiger partial charge on any atom is -0.0654 e. The van der Waals surface area contributed by atoms with Crippen LogP contribution in [0.1, 0.15) is 246 Å². The largest absolute Gasteiger partial charge is 0.0654 e. The molecule has 0 saturated heterocycles. The second-order valence-electron chi connectivity index (χ2n) is 14.3. The van der Waals surface area contributed by atoms with Gasteiger partial charge in [0, 0.05) is 0 Å². The van der Waals surface area contributed by atoms with Crippen LogP contribution in [0.15, 0.2) is 0 Å². The summed E-state index contributed by atoms with van der Waals surface area (Å²) in [7, 11) is 0. The Bertz CT molecular complexity index is 426. The van der Waals surface area contributed by atoms with Crippen molar-refractivity contribution in [3.8, 4) is 0 Å². The van der Waals surface area contributed by atoms with Gasteiger partial charge in [-0.15, -0.1) is 0 Å². The van der Waals surface area contributed by atoms with Crippen LogP contribution < -0.4 is 0 Å². The third-order valence-corrected chi connectivity index (χ3v) is 9.74. The predicted molar refractivity (Wildman–Crippen MR) is 187 cm³/mol. The van der Waals surface area contributed by atoms with Crippen molar-refractivity contribution in [1.82, 2.24) is 0 Å². The summed E-state index contributed by atoms with van der Waals surface area (Å²) in [5.74, 6) is 1.92. The Morgan fingerprint density at radius 1 is 0.225 bits per heavy atom. The highest BCUT2D eigenvalue weighted by molar-refractivity contribution is 4.58. The fraction of sp³-hybridized carbons (Fsp3) is 1.00. The lowest BCUT2D eigenvalue weighted by atomic mass is 9.94. The predicted octanol–water partition coefficient (Wildman–Crippen LogP) is 15.6. The minimum atomic E-state index is 0.960. The summed E-state index contributed by atoms with van der Waals surface area (Å²) in [6.45, 7) is 9.64. The maximum Gasteiger partial charge on any atom is -0.0443 e. The zero-order valence-corrected chi connectivity index (χ0v) is 29.2. The Kier molecular flexibility index (Phi) is 35.2. The first-order chi connectivity index (χ1) is 19.7. The molecule has 0 aromatic carbocycles. The Balaban J connectivity index is 3.24. The molecule has 0 aliphatic heterocycles. The van der Waals surface area contributed by atoms with Crippen LogP contribution in [0, 0.1) is 11.8 Å². The van der Waals surface area contributed by atoms with Crippen LogP contribution in [-0.4, -0.2) is 0 Å². The van der Waals surface area contributed by atoms with E-state index in [1.165, 1.54) is 218 Å². The molecule has 2 atom stereocenters. The normalized spacial score (nSPS) is 13.2. The summed E-state index contributed by atoms with van der Waals surface area (Å²) >= 11 is 0. The van der Waals surface area contributed by atoms with Crippen molar-refractivity contribution in [3.63, 3.8) is 0 Å². The smallest absolute Gasteiger partial charge is 0.0443 e. The van der Waals surface area contributed by atoms with Crippen LogP contribution in [-0.2, 0) is 0 Å². The lowest BCUT2D eigenvalue weighted by molar-refractivity contribution is 0.412. The Morgan fingerprint density at radius 2 is 0.375 bits per heavy atom. The summed E-state index contributed by atoms with van der Waals surface area (Å²) in [6, 6.07) is 0. The van der Waals surface area contributed by atoms with Crippen molar-refractivity contribution in [2.75, 3.05) is 0 Å². The average molecular weight is 563 g/mol. The highest BCUT2D eigenvalue weighted by Gasteiger charge is 2.05. The van der Waals surface area contributed by atoms with Gasteiger partial charge in [-0.1, -0.05) is 246 Å². The van der Waals surface area contributed by atoms with Crippen molar-refractivity contribution in [1.29, 1.82) is 0 Å². The van der Waals surface area contributed by atoms with Crippen LogP contribution in [0.2, 0.25) is 0 Å². The molecule has 0 heterocycles. The third-order valence-electron chi connectivity index (χ3n) is 9.74. The number of unbranched alkanes of at least 4 members (excludes halogenated alkanes) is 27. The molecule has 0 aliphatic rings. The molecular formula is C40H82.